The van der Waals surface area contributed by atoms with E-state index in [0.717, 1.165) is 66.4 Å². The maximum Gasteiger partial charge on any atom is 0.228 e. The molecular weight excluding hydrogens is 432 g/mol. The number of amides is 1. The number of thiocarbonyl (C=S) groups is 1. The zero-order valence-electron chi connectivity index (χ0n) is 19.5. The van der Waals surface area contributed by atoms with Crippen LogP contribution in [0.15, 0.2) is 53.6 Å². The molecule has 7 nitrogen and oxygen atoms in total. The van der Waals surface area contributed by atoms with Gasteiger partial charge in [0, 0.05) is 55.5 Å². The van der Waals surface area contributed by atoms with Gasteiger partial charge in [-0.1, -0.05) is 57.2 Å². The summed E-state index contributed by atoms with van der Waals surface area (Å²) in [6.45, 7) is 11.1. The van der Waals surface area contributed by atoms with Crippen LogP contribution in [0.3, 0.4) is 0 Å². The molecule has 1 fully saturated rings. The average Bonchev–Trinajstić information content (AvgIpc) is 2.80. The number of piperazine rings is 1. The van der Waals surface area contributed by atoms with Crippen LogP contribution in [0.25, 0.3) is 21.8 Å². The maximum absolute atomic E-state index is 12.6. The number of benzene rings is 2. The van der Waals surface area contributed by atoms with Crippen molar-refractivity contribution >= 4 is 45.0 Å². The van der Waals surface area contributed by atoms with Gasteiger partial charge in [0.15, 0.2) is 5.11 Å². The molecular formula is C25H32N6OS. The molecule has 3 N–H and O–H groups in total. The highest BCUT2D eigenvalue weighted by Gasteiger charge is 2.29. The van der Waals surface area contributed by atoms with Crippen molar-refractivity contribution in [2.75, 3.05) is 32.7 Å². The molecule has 3 aromatic rings. The number of rotatable bonds is 4. The number of para-hydroxylation sites is 2. The van der Waals surface area contributed by atoms with Gasteiger partial charge in [0.1, 0.15) is 5.36 Å². The third-order valence-electron chi connectivity index (χ3n) is 6.12. The number of carbonyl (C=O) groups excluding carboxylic acids is 1. The number of hydrogen-bond acceptors (Lipinski definition) is 4. The summed E-state index contributed by atoms with van der Waals surface area (Å²) in [6.07, 6.45) is 0. The van der Waals surface area contributed by atoms with E-state index < -0.39 is 0 Å². The van der Waals surface area contributed by atoms with E-state index in [9.17, 15) is 4.79 Å². The molecule has 33 heavy (non-hydrogen) atoms. The molecule has 2 heterocycles. The summed E-state index contributed by atoms with van der Waals surface area (Å²) in [7, 11) is 0. The second-order valence-electron chi connectivity index (χ2n) is 9.51. The molecule has 174 valence electrons. The van der Waals surface area contributed by atoms with Crippen molar-refractivity contribution in [2.45, 2.75) is 27.3 Å². The fraction of sp³-hybridized carbons (Fsp3) is 0.400. The molecule has 1 saturated heterocycles. The van der Waals surface area contributed by atoms with Gasteiger partial charge >= 0.3 is 0 Å². The minimum Gasteiger partial charge on any atom is -0.375 e. The van der Waals surface area contributed by atoms with Crippen LogP contribution in [0.5, 0.6) is 0 Å². The number of hydrogen-bond donors (Lipinski definition) is 2. The van der Waals surface area contributed by atoms with Crippen LogP contribution in [0.1, 0.15) is 20.8 Å². The average molecular weight is 465 g/mol. The Hall–Kier alpha value is -2.97. The highest BCUT2D eigenvalue weighted by molar-refractivity contribution is 7.80. The normalized spacial score (nSPS) is 15.1. The van der Waals surface area contributed by atoms with Crippen LogP contribution < -0.4 is 16.5 Å². The molecule has 2 aromatic carbocycles. The largest absolute Gasteiger partial charge is 0.375 e. The van der Waals surface area contributed by atoms with E-state index in [1.165, 1.54) is 0 Å². The quantitative estimate of drug-likeness (QED) is 0.353. The number of aromatic nitrogens is 1. The molecule has 1 aliphatic rings. The van der Waals surface area contributed by atoms with Crippen molar-refractivity contribution in [3.8, 4) is 0 Å². The van der Waals surface area contributed by atoms with Gasteiger partial charge < -0.3 is 15.2 Å². The standard InChI is InChI=1S/C25H32N6OS/c1-25(2,3)23(32)30-15-12-29(13-16-30)14-17-31-20-10-6-4-8-18(20)22(27-28-24(26)33)19-9-5-7-11-21(19)31/h4-11H,12-17H2,1-3H3,(H3,26,28,33). The summed E-state index contributed by atoms with van der Waals surface area (Å²) in [5, 5.41) is 7.58. The monoisotopic (exact) mass is 464 g/mol. The lowest BCUT2D eigenvalue weighted by Crippen LogP contribution is -2.52. The zero-order valence-corrected chi connectivity index (χ0v) is 20.4. The van der Waals surface area contributed by atoms with Gasteiger partial charge in [-0.3, -0.25) is 15.1 Å². The van der Waals surface area contributed by atoms with Crippen molar-refractivity contribution in [1.82, 2.24) is 19.8 Å². The number of nitrogens with zero attached hydrogens (tertiary/aromatic N) is 4. The van der Waals surface area contributed by atoms with Gasteiger partial charge in [0.25, 0.3) is 0 Å². The summed E-state index contributed by atoms with van der Waals surface area (Å²) >= 11 is 4.96. The van der Waals surface area contributed by atoms with Gasteiger partial charge in [0.2, 0.25) is 5.91 Å². The lowest BCUT2D eigenvalue weighted by atomic mass is 9.94. The van der Waals surface area contributed by atoms with Crippen molar-refractivity contribution in [3.63, 3.8) is 0 Å². The first-order valence-corrected chi connectivity index (χ1v) is 11.8. The van der Waals surface area contributed by atoms with E-state index >= 15 is 0 Å². The van der Waals surface area contributed by atoms with Crippen LogP contribution in [-0.2, 0) is 11.3 Å². The van der Waals surface area contributed by atoms with Crippen LogP contribution in [0.2, 0.25) is 0 Å². The summed E-state index contributed by atoms with van der Waals surface area (Å²) in [5.41, 5.74) is 10.3. The molecule has 8 heteroatoms. The predicted octanol–water partition coefficient (Wildman–Crippen LogP) is 2.63. The zero-order chi connectivity index (χ0) is 23.6. The Morgan fingerprint density at radius 3 is 2.03 bits per heavy atom. The van der Waals surface area contributed by atoms with Crippen LogP contribution in [0.4, 0.5) is 0 Å². The maximum atomic E-state index is 12.6. The predicted molar refractivity (Wildman–Crippen MR) is 137 cm³/mol. The molecule has 0 bridgehead atoms. The summed E-state index contributed by atoms with van der Waals surface area (Å²) in [5.74, 6) is 0.235. The second kappa shape index (κ2) is 9.49. The molecule has 1 aromatic heterocycles. The highest BCUT2D eigenvalue weighted by atomic mass is 32.1. The molecule has 1 aliphatic heterocycles. The molecule has 0 saturated carbocycles. The fourth-order valence-electron chi connectivity index (χ4n) is 4.46. The van der Waals surface area contributed by atoms with Crippen molar-refractivity contribution in [1.29, 1.82) is 0 Å². The molecule has 4 rings (SSSR count). The Morgan fingerprint density at radius 1 is 0.970 bits per heavy atom. The van der Waals surface area contributed by atoms with Gasteiger partial charge in [-0.25, -0.2) is 0 Å². The van der Waals surface area contributed by atoms with E-state index in [1.54, 1.807) is 0 Å². The third-order valence-corrected chi connectivity index (χ3v) is 6.21. The molecule has 0 aliphatic carbocycles. The number of nitrogens with one attached hydrogen (secondary N) is 1. The Labute approximate surface area is 199 Å². The van der Waals surface area contributed by atoms with E-state index in [2.05, 4.69) is 56.4 Å². The number of pyridine rings is 1. The topological polar surface area (TPSA) is 78.9 Å². The summed E-state index contributed by atoms with van der Waals surface area (Å²) in [4.78, 5) is 17.0. The van der Waals surface area contributed by atoms with Crippen LogP contribution in [-0.4, -0.2) is 58.1 Å². The SMILES string of the molecule is CC(C)(C)C(=O)N1CCN(CCn2c3ccccc3c(=NNC(N)=S)c3ccccc32)CC1. The van der Waals surface area contributed by atoms with E-state index in [1.807, 2.05) is 37.8 Å². The fourth-order valence-corrected chi connectivity index (χ4v) is 4.50. The van der Waals surface area contributed by atoms with Crippen molar-refractivity contribution < 1.29 is 4.79 Å². The second-order valence-corrected chi connectivity index (χ2v) is 9.95. The lowest BCUT2D eigenvalue weighted by molar-refractivity contribution is -0.141. The Balaban J connectivity index is 1.62. The first kappa shape index (κ1) is 23.2. The highest BCUT2D eigenvalue weighted by Crippen LogP contribution is 2.21. The third kappa shape index (κ3) is 5.02. The smallest absolute Gasteiger partial charge is 0.228 e. The summed E-state index contributed by atoms with van der Waals surface area (Å²) < 4.78 is 2.36. The van der Waals surface area contributed by atoms with Crippen LogP contribution in [0, 0.1) is 5.41 Å². The Kier molecular flexibility index (Phi) is 6.67. The molecule has 0 radical (unpaired) electrons. The van der Waals surface area contributed by atoms with E-state index in [4.69, 9.17) is 18.0 Å². The van der Waals surface area contributed by atoms with Crippen LogP contribution >= 0.6 is 12.2 Å². The minimum atomic E-state index is -0.328. The molecule has 1 amide bonds. The van der Waals surface area contributed by atoms with Gasteiger partial charge in [-0.2, -0.15) is 5.10 Å². The molecule has 0 atom stereocenters. The van der Waals surface area contributed by atoms with Gasteiger partial charge in [-0.15, -0.1) is 0 Å². The number of fused-ring (bicyclic) bond motifs is 2. The first-order valence-electron chi connectivity index (χ1n) is 11.4. The summed E-state index contributed by atoms with van der Waals surface area (Å²) in [6, 6.07) is 16.6. The van der Waals surface area contributed by atoms with Gasteiger partial charge in [0.05, 0.1) is 11.0 Å². The Morgan fingerprint density at radius 2 is 1.52 bits per heavy atom. The molecule has 0 spiro atoms. The number of nitrogens with two attached hydrogens (primary N) is 1. The Bertz CT molecular complexity index is 1190. The lowest BCUT2D eigenvalue weighted by Gasteiger charge is -2.37. The van der Waals surface area contributed by atoms with Crippen molar-refractivity contribution in [2.24, 2.45) is 16.3 Å². The minimum absolute atomic E-state index is 0.143. The first-order chi connectivity index (χ1) is 15.8. The van der Waals surface area contributed by atoms with E-state index in [0.29, 0.717) is 0 Å². The number of carbonyl (C=O) groups is 1. The van der Waals surface area contributed by atoms with Gasteiger partial charge in [-0.05, 0) is 24.4 Å². The molecule has 0 unspecified atom stereocenters. The van der Waals surface area contributed by atoms with E-state index in [-0.39, 0.29) is 16.4 Å². The van der Waals surface area contributed by atoms with Crippen molar-refractivity contribution in [3.05, 3.63) is 53.9 Å².